The molecule has 1 aromatic carbocycles. The van der Waals surface area contributed by atoms with E-state index in [1.165, 1.54) is 11.9 Å². The van der Waals surface area contributed by atoms with Crippen LogP contribution >= 0.6 is 0 Å². The van der Waals surface area contributed by atoms with E-state index < -0.39 is 0 Å². The number of piperidine rings is 1. The van der Waals surface area contributed by atoms with Crippen molar-refractivity contribution in [1.29, 1.82) is 0 Å². The molecule has 3 heterocycles. The Balaban J connectivity index is 1.54. The van der Waals surface area contributed by atoms with Crippen LogP contribution in [0.5, 0.6) is 0 Å². The molecule has 1 aliphatic heterocycles. The fraction of sp³-hybridized carbons (Fsp3) is 0.435. The van der Waals surface area contributed by atoms with Gasteiger partial charge in [0.15, 0.2) is 5.82 Å². The summed E-state index contributed by atoms with van der Waals surface area (Å²) in [6, 6.07) is 9.89. The summed E-state index contributed by atoms with van der Waals surface area (Å²) in [5, 5.41) is 10.7. The van der Waals surface area contributed by atoms with Gasteiger partial charge in [0, 0.05) is 36.6 Å². The van der Waals surface area contributed by atoms with Crippen molar-refractivity contribution in [3.63, 3.8) is 0 Å². The van der Waals surface area contributed by atoms with Crippen molar-refractivity contribution in [2.45, 2.75) is 39.3 Å². The first-order chi connectivity index (χ1) is 15.0. The second-order valence-electron chi connectivity index (χ2n) is 8.67. The second kappa shape index (κ2) is 9.45. The van der Waals surface area contributed by atoms with E-state index in [0.717, 1.165) is 49.5 Å². The number of likely N-dealkylation sites (tertiary alicyclic amines) is 1. The maximum atomic E-state index is 12.4. The number of fused-ring (bicyclic) bond motifs is 1. The van der Waals surface area contributed by atoms with Crippen molar-refractivity contribution in [3.05, 3.63) is 54.0 Å². The molecule has 0 bridgehead atoms. The lowest BCUT2D eigenvalue weighted by Crippen LogP contribution is -2.39. The van der Waals surface area contributed by atoms with E-state index in [9.17, 15) is 4.79 Å². The number of carbonyl (C=O) groups excluding carboxylic acids is 1. The number of carbonyl (C=O) groups is 1. The SMILES string of the molecule is CC(C)CNC(=O)c1cccc(Nc2ncnn3ccc(CN4CCC(N)CC4)c23)c1. The first kappa shape index (κ1) is 21.3. The predicted molar refractivity (Wildman–Crippen MR) is 122 cm³/mol. The van der Waals surface area contributed by atoms with Crippen LogP contribution in [0, 0.1) is 5.92 Å². The highest BCUT2D eigenvalue weighted by atomic mass is 16.1. The molecule has 4 N–H and O–H groups in total. The molecule has 1 aliphatic rings. The fourth-order valence-electron chi connectivity index (χ4n) is 3.86. The fourth-order valence-corrected chi connectivity index (χ4v) is 3.86. The molecule has 0 unspecified atom stereocenters. The van der Waals surface area contributed by atoms with Crippen LogP contribution in [0.4, 0.5) is 11.5 Å². The van der Waals surface area contributed by atoms with E-state index in [2.05, 4.69) is 45.5 Å². The zero-order chi connectivity index (χ0) is 21.8. The van der Waals surface area contributed by atoms with Crippen LogP contribution in [-0.4, -0.2) is 51.1 Å². The molecule has 1 amide bonds. The molecule has 0 aliphatic carbocycles. The van der Waals surface area contributed by atoms with Gasteiger partial charge in [-0.1, -0.05) is 19.9 Å². The molecule has 0 spiro atoms. The van der Waals surface area contributed by atoms with Gasteiger partial charge in [-0.15, -0.1) is 0 Å². The van der Waals surface area contributed by atoms with Gasteiger partial charge in [-0.3, -0.25) is 9.69 Å². The van der Waals surface area contributed by atoms with Crippen molar-refractivity contribution in [2.24, 2.45) is 11.7 Å². The summed E-state index contributed by atoms with van der Waals surface area (Å²) in [4.78, 5) is 19.4. The topological polar surface area (TPSA) is 101 Å². The predicted octanol–water partition coefficient (Wildman–Crippen LogP) is 2.78. The first-order valence-electron chi connectivity index (χ1n) is 10.9. The molecule has 8 nitrogen and oxygen atoms in total. The van der Waals surface area contributed by atoms with E-state index >= 15 is 0 Å². The minimum Gasteiger partial charge on any atom is -0.352 e. The zero-order valence-electron chi connectivity index (χ0n) is 18.2. The van der Waals surface area contributed by atoms with Crippen molar-refractivity contribution >= 4 is 22.9 Å². The molecule has 164 valence electrons. The summed E-state index contributed by atoms with van der Waals surface area (Å²) in [5.74, 6) is 1.06. The summed E-state index contributed by atoms with van der Waals surface area (Å²) < 4.78 is 1.85. The van der Waals surface area contributed by atoms with Gasteiger partial charge in [0.2, 0.25) is 0 Å². The third kappa shape index (κ3) is 5.21. The van der Waals surface area contributed by atoms with Crippen molar-refractivity contribution in [2.75, 3.05) is 25.0 Å². The van der Waals surface area contributed by atoms with Crippen LogP contribution in [0.2, 0.25) is 0 Å². The number of aromatic nitrogens is 3. The Morgan fingerprint density at radius 1 is 1.26 bits per heavy atom. The molecular weight excluding hydrogens is 390 g/mol. The number of hydrogen-bond donors (Lipinski definition) is 3. The minimum absolute atomic E-state index is 0.0723. The lowest BCUT2D eigenvalue weighted by atomic mass is 10.1. The van der Waals surface area contributed by atoms with Crippen LogP contribution in [0.3, 0.4) is 0 Å². The molecule has 1 saturated heterocycles. The zero-order valence-corrected chi connectivity index (χ0v) is 18.2. The smallest absolute Gasteiger partial charge is 0.251 e. The number of nitrogens with one attached hydrogen (secondary N) is 2. The highest BCUT2D eigenvalue weighted by Gasteiger charge is 2.19. The second-order valence-corrected chi connectivity index (χ2v) is 8.67. The number of hydrogen-bond acceptors (Lipinski definition) is 6. The third-order valence-electron chi connectivity index (χ3n) is 5.62. The van der Waals surface area contributed by atoms with Crippen molar-refractivity contribution < 1.29 is 4.79 Å². The third-order valence-corrected chi connectivity index (χ3v) is 5.62. The summed E-state index contributed by atoms with van der Waals surface area (Å²) >= 11 is 0. The molecule has 31 heavy (non-hydrogen) atoms. The number of anilines is 2. The number of rotatable bonds is 7. The Hall–Kier alpha value is -2.97. The number of benzene rings is 1. The number of nitrogens with two attached hydrogens (primary N) is 1. The summed E-state index contributed by atoms with van der Waals surface area (Å²) in [5.41, 5.74) is 9.61. The Morgan fingerprint density at radius 3 is 2.84 bits per heavy atom. The standard InChI is InChI=1S/C23H31N7O/c1-16(2)13-25-23(31)17-4-3-5-20(12-17)28-22-21-18(6-11-30(21)27-15-26-22)14-29-9-7-19(24)8-10-29/h3-6,11-12,15-16,19H,7-10,13-14,24H2,1-2H3,(H,25,31)(H,26,27,28). The molecule has 8 heteroatoms. The van der Waals surface area contributed by atoms with E-state index in [4.69, 9.17) is 5.73 Å². The van der Waals surface area contributed by atoms with Crippen molar-refractivity contribution in [1.82, 2.24) is 24.8 Å². The van der Waals surface area contributed by atoms with Gasteiger partial charge in [0.1, 0.15) is 11.8 Å². The van der Waals surface area contributed by atoms with Crippen LogP contribution in [0.1, 0.15) is 42.6 Å². The van der Waals surface area contributed by atoms with Gasteiger partial charge in [0.25, 0.3) is 5.91 Å². The maximum absolute atomic E-state index is 12.4. The summed E-state index contributed by atoms with van der Waals surface area (Å²) in [7, 11) is 0. The van der Waals surface area contributed by atoms with Gasteiger partial charge >= 0.3 is 0 Å². The highest BCUT2D eigenvalue weighted by Crippen LogP contribution is 2.25. The van der Waals surface area contributed by atoms with Gasteiger partial charge in [-0.25, -0.2) is 9.50 Å². The highest BCUT2D eigenvalue weighted by molar-refractivity contribution is 5.95. The van der Waals surface area contributed by atoms with Crippen LogP contribution in [0.15, 0.2) is 42.9 Å². The van der Waals surface area contributed by atoms with Gasteiger partial charge < -0.3 is 16.4 Å². The largest absolute Gasteiger partial charge is 0.352 e. The molecule has 4 rings (SSSR count). The van der Waals surface area contributed by atoms with Gasteiger partial charge in [-0.2, -0.15) is 5.10 Å². The van der Waals surface area contributed by atoms with Gasteiger partial charge in [-0.05, 0) is 61.7 Å². The van der Waals surface area contributed by atoms with E-state index in [-0.39, 0.29) is 5.91 Å². The van der Waals surface area contributed by atoms with Gasteiger partial charge in [0.05, 0.1) is 0 Å². The van der Waals surface area contributed by atoms with Crippen LogP contribution in [-0.2, 0) is 6.54 Å². The Bertz CT molecular complexity index is 1040. The molecule has 0 atom stereocenters. The number of amides is 1. The van der Waals surface area contributed by atoms with Crippen LogP contribution < -0.4 is 16.4 Å². The lowest BCUT2D eigenvalue weighted by Gasteiger charge is -2.29. The van der Waals surface area contributed by atoms with Crippen molar-refractivity contribution in [3.8, 4) is 0 Å². The Kier molecular flexibility index (Phi) is 6.48. The molecular formula is C23H31N7O. The Labute approximate surface area is 182 Å². The molecule has 0 radical (unpaired) electrons. The summed E-state index contributed by atoms with van der Waals surface area (Å²) in [6.07, 6.45) is 5.55. The molecule has 0 saturated carbocycles. The first-order valence-corrected chi connectivity index (χ1v) is 10.9. The van der Waals surface area contributed by atoms with E-state index in [1.807, 2.05) is 35.0 Å². The monoisotopic (exact) mass is 421 g/mol. The quantitative estimate of drug-likeness (QED) is 0.542. The summed E-state index contributed by atoms with van der Waals surface area (Å²) in [6.45, 7) is 7.64. The Morgan fingerprint density at radius 2 is 2.06 bits per heavy atom. The maximum Gasteiger partial charge on any atom is 0.251 e. The molecule has 3 aromatic rings. The van der Waals surface area contributed by atoms with Crippen LogP contribution in [0.25, 0.3) is 5.52 Å². The van der Waals surface area contributed by atoms with E-state index in [1.54, 1.807) is 0 Å². The normalized spacial score (nSPS) is 15.5. The van der Waals surface area contributed by atoms with E-state index in [0.29, 0.717) is 24.1 Å². The average Bonchev–Trinajstić information content (AvgIpc) is 3.17. The minimum atomic E-state index is -0.0723. The number of nitrogens with zero attached hydrogens (tertiary/aromatic N) is 4. The molecule has 1 fully saturated rings. The average molecular weight is 422 g/mol. The lowest BCUT2D eigenvalue weighted by molar-refractivity contribution is 0.0949. The molecule has 2 aromatic heterocycles.